The van der Waals surface area contributed by atoms with Crippen molar-refractivity contribution in [3.63, 3.8) is 0 Å². The highest BCUT2D eigenvalue weighted by Gasteiger charge is 2.40. The molecule has 2 heterocycles. The first-order valence-electron chi connectivity index (χ1n) is 5.64. The first-order chi connectivity index (χ1) is 7.67. The Kier molecular flexibility index (Phi) is 3.44. The highest BCUT2D eigenvalue weighted by atomic mass is 32.2. The summed E-state index contributed by atoms with van der Waals surface area (Å²) in [4.78, 5) is 13.7. The second-order valence-electron chi connectivity index (χ2n) is 4.53. The van der Waals surface area contributed by atoms with Crippen molar-refractivity contribution < 1.29 is 4.79 Å². The van der Waals surface area contributed by atoms with Crippen molar-refractivity contribution in [1.29, 1.82) is 0 Å². The molecule has 0 unspecified atom stereocenters. The van der Waals surface area contributed by atoms with Crippen molar-refractivity contribution in [3.05, 3.63) is 12.8 Å². The maximum atomic E-state index is 11.6. The Morgan fingerprint density at radius 2 is 2.19 bits per heavy atom. The Morgan fingerprint density at radius 1 is 1.50 bits per heavy atom. The van der Waals surface area contributed by atoms with Gasteiger partial charge in [-0.05, 0) is 25.3 Å². The third kappa shape index (κ3) is 2.35. The summed E-state index contributed by atoms with van der Waals surface area (Å²) in [7, 11) is 0. The Morgan fingerprint density at radius 3 is 2.75 bits per heavy atom. The van der Waals surface area contributed by atoms with Crippen LogP contribution >= 0.6 is 11.9 Å². The number of nitrogens with zero attached hydrogens (tertiary/aromatic N) is 2. The lowest BCUT2D eigenvalue weighted by Gasteiger charge is -2.47. The topological polar surface area (TPSA) is 35.6 Å². The van der Waals surface area contributed by atoms with Crippen molar-refractivity contribution in [2.75, 3.05) is 32.4 Å². The van der Waals surface area contributed by atoms with E-state index >= 15 is 0 Å². The van der Waals surface area contributed by atoms with Gasteiger partial charge in [0.15, 0.2) is 0 Å². The summed E-state index contributed by atoms with van der Waals surface area (Å²) in [5, 5.41) is 3.18. The average Bonchev–Trinajstić information content (AvgIpc) is 2.29. The van der Waals surface area contributed by atoms with Gasteiger partial charge in [0.2, 0.25) is 5.91 Å². The van der Waals surface area contributed by atoms with Gasteiger partial charge in [-0.3, -0.25) is 9.10 Å². The summed E-state index contributed by atoms with van der Waals surface area (Å²) in [6.07, 6.45) is 5.95. The van der Waals surface area contributed by atoms with Crippen LogP contribution < -0.4 is 5.32 Å². The van der Waals surface area contributed by atoms with Crippen molar-refractivity contribution in [1.82, 2.24) is 14.5 Å². The van der Waals surface area contributed by atoms with Crippen molar-refractivity contribution in [3.8, 4) is 0 Å². The van der Waals surface area contributed by atoms with Crippen LogP contribution in [0.5, 0.6) is 0 Å². The van der Waals surface area contributed by atoms with Gasteiger partial charge in [0, 0.05) is 19.6 Å². The van der Waals surface area contributed by atoms with E-state index in [9.17, 15) is 4.79 Å². The molecule has 0 aromatic rings. The van der Waals surface area contributed by atoms with E-state index in [0.29, 0.717) is 6.54 Å². The molecule has 0 aromatic heterocycles. The minimum absolute atomic E-state index is 0.0181. The minimum atomic E-state index is -0.0181. The third-order valence-corrected chi connectivity index (χ3v) is 4.33. The van der Waals surface area contributed by atoms with E-state index in [-0.39, 0.29) is 11.4 Å². The summed E-state index contributed by atoms with van der Waals surface area (Å²) in [5.41, 5.74) is -0.0181. The Labute approximate surface area is 101 Å². The molecule has 2 aliphatic heterocycles. The lowest BCUT2D eigenvalue weighted by Crippen LogP contribution is -2.64. The quantitative estimate of drug-likeness (QED) is 0.721. The predicted octanol–water partition coefficient (Wildman–Crippen LogP) is 0.674. The number of piperazine rings is 1. The first-order valence-corrected chi connectivity index (χ1v) is 6.82. The van der Waals surface area contributed by atoms with Crippen LogP contribution in [0.15, 0.2) is 12.8 Å². The summed E-state index contributed by atoms with van der Waals surface area (Å²) >= 11 is 1.79. The van der Waals surface area contributed by atoms with Crippen molar-refractivity contribution in [2.24, 2.45) is 0 Å². The fourth-order valence-corrected chi connectivity index (χ4v) is 3.06. The van der Waals surface area contributed by atoms with E-state index < -0.39 is 0 Å². The summed E-state index contributed by atoms with van der Waals surface area (Å²) in [5.74, 6) is 0.128. The van der Waals surface area contributed by atoms with E-state index in [4.69, 9.17) is 0 Å². The lowest BCUT2D eigenvalue weighted by molar-refractivity contribution is -0.127. The van der Waals surface area contributed by atoms with Gasteiger partial charge in [-0.1, -0.05) is 18.5 Å². The van der Waals surface area contributed by atoms with Gasteiger partial charge >= 0.3 is 0 Å². The summed E-state index contributed by atoms with van der Waals surface area (Å²) in [6, 6.07) is 0. The van der Waals surface area contributed by atoms with Crippen LogP contribution in [0.3, 0.4) is 0 Å². The zero-order chi connectivity index (χ0) is 11.6. The maximum absolute atomic E-state index is 11.6. The molecule has 4 nitrogen and oxygen atoms in total. The van der Waals surface area contributed by atoms with Gasteiger partial charge in [0.25, 0.3) is 0 Å². The van der Waals surface area contributed by atoms with Crippen LogP contribution in [0.4, 0.5) is 0 Å². The zero-order valence-corrected chi connectivity index (χ0v) is 10.6. The normalized spacial score (nSPS) is 25.6. The molecule has 0 radical (unpaired) electrons. The Hall–Kier alpha value is -0.680. The number of piperidine rings is 1. The number of carbonyl (C=O) groups excluding carboxylic acids is 1. The second kappa shape index (κ2) is 4.67. The van der Waals surface area contributed by atoms with Gasteiger partial charge in [-0.15, -0.1) is 0 Å². The fraction of sp³-hybridized carbons (Fsp3) is 0.727. The van der Waals surface area contributed by atoms with Crippen LogP contribution in [0.25, 0.3) is 0 Å². The van der Waals surface area contributed by atoms with Gasteiger partial charge in [-0.2, -0.15) is 0 Å². The molecule has 2 saturated heterocycles. The largest absolute Gasteiger partial charge is 0.366 e. The van der Waals surface area contributed by atoms with Crippen LogP contribution in [-0.4, -0.2) is 53.1 Å². The molecule has 90 valence electrons. The van der Waals surface area contributed by atoms with Gasteiger partial charge in [-0.25, -0.2) is 0 Å². The van der Waals surface area contributed by atoms with Crippen molar-refractivity contribution >= 4 is 17.9 Å². The summed E-state index contributed by atoms with van der Waals surface area (Å²) < 4.78 is 2.35. The van der Waals surface area contributed by atoms with Crippen LogP contribution in [-0.2, 0) is 4.79 Å². The molecule has 0 atom stereocenters. The van der Waals surface area contributed by atoms with Gasteiger partial charge in [0.1, 0.15) is 0 Å². The predicted molar refractivity (Wildman–Crippen MR) is 67.0 cm³/mol. The number of amides is 1. The van der Waals surface area contributed by atoms with E-state index in [2.05, 4.69) is 22.5 Å². The number of carbonyl (C=O) groups is 1. The Bertz CT molecular complexity index is 287. The molecular formula is C11H19N3OS. The molecule has 2 fully saturated rings. The minimum Gasteiger partial charge on any atom is -0.366 e. The fourth-order valence-electron chi connectivity index (χ4n) is 2.51. The monoisotopic (exact) mass is 241 g/mol. The average molecular weight is 241 g/mol. The molecule has 0 aliphatic carbocycles. The molecule has 1 spiro atoms. The molecule has 2 rings (SSSR count). The lowest BCUT2D eigenvalue weighted by atomic mass is 9.86. The van der Waals surface area contributed by atoms with Crippen LogP contribution in [0.2, 0.25) is 0 Å². The maximum Gasteiger partial charge on any atom is 0.239 e. The highest BCUT2D eigenvalue weighted by molar-refractivity contribution is 7.96. The molecule has 2 aliphatic rings. The standard InChI is InChI=1S/C11H19N3OS/c1-3-13-8-10(15)12-11(9-13)4-6-14(16-2)7-5-11/h3H,1,4-9H2,2H3,(H,12,15). The number of nitrogens with one attached hydrogen (secondary N) is 1. The summed E-state index contributed by atoms with van der Waals surface area (Å²) in [6.45, 7) is 7.22. The smallest absolute Gasteiger partial charge is 0.239 e. The van der Waals surface area contributed by atoms with Crippen LogP contribution in [0.1, 0.15) is 12.8 Å². The number of hydrogen-bond donors (Lipinski definition) is 1. The molecule has 5 heteroatoms. The second-order valence-corrected chi connectivity index (χ2v) is 5.41. The van der Waals surface area contributed by atoms with E-state index in [1.165, 1.54) is 0 Å². The highest BCUT2D eigenvalue weighted by Crippen LogP contribution is 2.28. The Balaban J connectivity index is 2.02. The van der Waals surface area contributed by atoms with Crippen molar-refractivity contribution in [2.45, 2.75) is 18.4 Å². The molecular weight excluding hydrogens is 222 g/mol. The SMILES string of the molecule is C=CN1CC(=O)NC2(CCN(SC)CC2)C1. The van der Waals surface area contributed by atoms with E-state index in [1.54, 1.807) is 18.1 Å². The molecule has 0 aromatic carbocycles. The molecule has 1 N–H and O–H groups in total. The molecule has 0 saturated carbocycles. The molecule has 16 heavy (non-hydrogen) atoms. The van der Waals surface area contributed by atoms with E-state index in [1.807, 2.05) is 4.90 Å². The third-order valence-electron chi connectivity index (χ3n) is 3.45. The molecule has 0 bridgehead atoms. The number of hydrogen-bond acceptors (Lipinski definition) is 4. The van der Waals surface area contributed by atoms with Gasteiger partial charge < -0.3 is 10.2 Å². The first kappa shape index (κ1) is 11.8. The van der Waals surface area contributed by atoms with E-state index in [0.717, 1.165) is 32.5 Å². The zero-order valence-electron chi connectivity index (χ0n) is 9.74. The van der Waals surface area contributed by atoms with Crippen LogP contribution in [0, 0.1) is 0 Å². The number of rotatable bonds is 2. The molecule has 1 amide bonds. The van der Waals surface area contributed by atoms with Gasteiger partial charge in [0.05, 0.1) is 12.1 Å².